The van der Waals surface area contributed by atoms with E-state index in [2.05, 4.69) is 20.8 Å². The van der Waals surface area contributed by atoms with Gasteiger partial charge in [0.25, 0.3) is 0 Å². The van der Waals surface area contributed by atoms with Crippen LogP contribution in [0.3, 0.4) is 0 Å². The molecule has 1 rings (SSSR count). The van der Waals surface area contributed by atoms with E-state index in [0.29, 0.717) is 18.3 Å². The van der Waals surface area contributed by atoms with Crippen LogP contribution in [-0.2, 0) is 9.59 Å². The number of likely N-dealkylation sites (tertiary alicyclic amines) is 1. The van der Waals surface area contributed by atoms with Crippen molar-refractivity contribution < 1.29 is 14.7 Å². The number of hydrogen-bond donors (Lipinski definition) is 1. The molecule has 0 aromatic rings. The van der Waals surface area contributed by atoms with Gasteiger partial charge in [0.1, 0.15) is 0 Å². The Bertz CT molecular complexity index is 301. The largest absolute Gasteiger partial charge is 0.481 e. The van der Waals surface area contributed by atoms with Crippen molar-refractivity contribution in [3.63, 3.8) is 0 Å². The predicted octanol–water partition coefficient (Wildman–Crippen LogP) is 2.52. The summed E-state index contributed by atoms with van der Waals surface area (Å²) in [5, 5.41) is 8.85. The molecule has 1 saturated heterocycles. The Labute approximate surface area is 109 Å². The van der Waals surface area contributed by atoms with Crippen LogP contribution in [0, 0.1) is 11.8 Å². The third-order valence-corrected chi connectivity index (χ3v) is 4.01. The van der Waals surface area contributed by atoms with Gasteiger partial charge in [-0.3, -0.25) is 9.59 Å². The third-order valence-electron chi connectivity index (χ3n) is 4.01. The number of carbonyl (C=O) groups is 2. The molecular formula is C14H25NO3. The first-order valence-electron chi connectivity index (χ1n) is 6.97. The molecule has 0 aliphatic carbocycles. The van der Waals surface area contributed by atoms with E-state index in [1.807, 2.05) is 0 Å². The minimum atomic E-state index is -0.810. The van der Waals surface area contributed by atoms with Gasteiger partial charge in [0.05, 0.1) is 6.42 Å². The average molecular weight is 255 g/mol. The van der Waals surface area contributed by atoms with E-state index < -0.39 is 5.97 Å². The highest BCUT2D eigenvalue weighted by Gasteiger charge is 2.31. The summed E-state index contributed by atoms with van der Waals surface area (Å²) in [4.78, 5) is 24.8. The fourth-order valence-corrected chi connectivity index (χ4v) is 2.77. The zero-order valence-corrected chi connectivity index (χ0v) is 11.7. The lowest BCUT2D eigenvalue weighted by atomic mass is 9.89. The van der Waals surface area contributed by atoms with Crippen molar-refractivity contribution in [1.29, 1.82) is 0 Å². The lowest BCUT2D eigenvalue weighted by Crippen LogP contribution is -2.38. The van der Waals surface area contributed by atoms with Crippen LogP contribution in [0.1, 0.15) is 52.9 Å². The van der Waals surface area contributed by atoms with Crippen LogP contribution >= 0.6 is 0 Å². The Balaban J connectivity index is 2.56. The van der Waals surface area contributed by atoms with Crippen LogP contribution in [0.4, 0.5) is 0 Å². The fraction of sp³-hybridized carbons (Fsp3) is 0.857. The molecule has 4 heteroatoms. The van der Waals surface area contributed by atoms with E-state index in [-0.39, 0.29) is 18.4 Å². The Morgan fingerprint density at radius 2 is 2.06 bits per heavy atom. The van der Waals surface area contributed by atoms with Crippen LogP contribution in [0.15, 0.2) is 0 Å². The van der Waals surface area contributed by atoms with Gasteiger partial charge in [-0.2, -0.15) is 0 Å². The molecule has 1 aliphatic rings. The van der Waals surface area contributed by atoms with E-state index in [9.17, 15) is 9.59 Å². The van der Waals surface area contributed by atoms with Gasteiger partial charge in [-0.25, -0.2) is 0 Å². The van der Waals surface area contributed by atoms with Crippen LogP contribution in [0.5, 0.6) is 0 Å². The monoisotopic (exact) mass is 255 g/mol. The highest BCUT2D eigenvalue weighted by atomic mass is 16.4. The van der Waals surface area contributed by atoms with Gasteiger partial charge < -0.3 is 10.0 Å². The molecule has 1 fully saturated rings. The van der Waals surface area contributed by atoms with Gasteiger partial charge in [0.15, 0.2) is 0 Å². The summed E-state index contributed by atoms with van der Waals surface area (Å²) in [6, 6.07) is -0.0836. The molecule has 1 heterocycles. The van der Waals surface area contributed by atoms with Crippen molar-refractivity contribution >= 4 is 11.9 Å². The minimum absolute atomic E-state index is 0.0836. The number of carbonyl (C=O) groups excluding carboxylic acids is 1. The zero-order valence-electron chi connectivity index (χ0n) is 11.7. The van der Waals surface area contributed by atoms with Crippen molar-refractivity contribution in [3.8, 4) is 0 Å². The smallest absolute Gasteiger partial charge is 0.305 e. The molecule has 1 N–H and O–H groups in total. The maximum absolute atomic E-state index is 12.2. The van der Waals surface area contributed by atoms with E-state index in [4.69, 9.17) is 5.11 Å². The van der Waals surface area contributed by atoms with E-state index in [1.165, 1.54) is 0 Å². The number of hydrogen-bond acceptors (Lipinski definition) is 2. The topological polar surface area (TPSA) is 57.6 Å². The number of carboxylic acid groups (broad SMARTS) is 1. The minimum Gasteiger partial charge on any atom is -0.481 e. The summed E-state index contributed by atoms with van der Waals surface area (Å²) in [7, 11) is 0. The molecule has 0 bridgehead atoms. The maximum atomic E-state index is 12.2. The molecule has 0 radical (unpaired) electrons. The lowest BCUT2D eigenvalue weighted by Gasteiger charge is -2.27. The Morgan fingerprint density at radius 1 is 1.39 bits per heavy atom. The first kappa shape index (κ1) is 15.0. The maximum Gasteiger partial charge on any atom is 0.305 e. The number of amides is 1. The highest BCUT2D eigenvalue weighted by molar-refractivity contribution is 5.78. The molecule has 2 unspecified atom stereocenters. The second kappa shape index (κ2) is 6.76. The Morgan fingerprint density at radius 3 is 2.56 bits per heavy atom. The molecule has 1 aliphatic heterocycles. The molecule has 0 spiro atoms. The van der Waals surface area contributed by atoms with Gasteiger partial charge in [-0.05, 0) is 24.7 Å². The second-order valence-electron chi connectivity index (χ2n) is 5.60. The van der Waals surface area contributed by atoms with Crippen LogP contribution in [0.2, 0.25) is 0 Å². The van der Waals surface area contributed by atoms with Crippen molar-refractivity contribution in [2.24, 2.45) is 11.8 Å². The van der Waals surface area contributed by atoms with Gasteiger partial charge in [-0.15, -0.1) is 0 Å². The van der Waals surface area contributed by atoms with E-state index >= 15 is 0 Å². The number of aliphatic carboxylic acids is 1. The number of rotatable bonds is 6. The van der Waals surface area contributed by atoms with Crippen molar-refractivity contribution in [1.82, 2.24) is 4.90 Å². The summed E-state index contributed by atoms with van der Waals surface area (Å²) in [6.07, 6.45) is 3.41. The average Bonchev–Trinajstić information content (AvgIpc) is 2.72. The number of nitrogens with zero attached hydrogens (tertiary/aromatic N) is 1. The lowest BCUT2D eigenvalue weighted by molar-refractivity contribution is -0.140. The number of carboxylic acids is 1. The molecule has 0 aromatic carbocycles. The Hall–Kier alpha value is -1.06. The van der Waals surface area contributed by atoms with Gasteiger partial charge >= 0.3 is 5.97 Å². The molecule has 4 nitrogen and oxygen atoms in total. The van der Waals surface area contributed by atoms with E-state index in [0.717, 1.165) is 25.8 Å². The van der Waals surface area contributed by atoms with Crippen molar-refractivity contribution in [3.05, 3.63) is 0 Å². The first-order chi connectivity index (χ1) is 8.45. The first-order valence-corrected chi connectivity index (χ1v) is 6.97. The fourth-order valence-electron chi connectivity index (χ4n) is 2.77. The summed E-state index contributed by atoms with van der Waals surface area (Å²) in [5.41, 5.74) is 0. The summed E-state index contributed by atoms with van der Waals surface area (Å²) in [6.45, 7) is 7.11. The normalized spacial score (nSPS) is 21.3. The van der Waals surface area contributed by atoms with Crippen LogP contribution < -0.4 is 0 Å². The molecule has 0 aromatic heterocycles. The third kappa shape index (κ3) is 4.00. The SMILES string of the molecule is CCC(CC(=O)N1CCCC1CC(=O)O)C(C)C. The standard InChI is InChI=1S/C14H25NO3/c1-4-11(10(2)3)8-13(16)15-7-5-6-12(15)9-14(17)18/h10-12H,4-9H2,1-3H3,(H,17,18). The Kier molecular flexibility index (Phi) is 5.63. The molecule has 1 amide bonds. The van der Waals surface area contributed by atoms with E-state index in [1.54, 1.807) is 4.90 Å². The quantitative estimate of drug-likeness (QED) is 0.793. The highest BCUT2D eigenvalue weighted by Crippen LogP contribution is 2.25. The van der Waals surface area contributed by atoms with Crippen molar-refractivity contribution in [2.75, 3.05) is 6.54 Å². The molecule has 2 atom stereocenters. The second-order valence-corrected chi connectivity index (χ2v) is 5.60. The zero-order chi connectivity index (χ0) is 13.7. The molecule has 18 heavy (non-hydrogen) atoms. The summed E-state index contributed by atoms with van der Waals surface area (Å²) < 4.78 is 0. The van der Waals surface area contributed by atoms with Gasteiger partial charge in [0, 0.05) is 19.0 Å². The summed E-state index contributed by atoms with van der Waals surface area (Å²) >= 11 is 0. The van der Waals surface area contributed by atoms with Crippen molar-refractivity contribution in [2.45, 2.75) is 58.9 Å². The van der Waals surface area contributed by atoms with Crippen LogP contribution in [-0.4, -0.2) is 34.5 Å². The predicted molar refractivity (Wildman–Crippen MR) is 70.2 cm³/mol. The van der Waals surface area contributed by atoms with Gasteiger partial charge in [0.2, 0.25) is 5.91 Å². The molecule has 0 saturated carbocycles. The summed E-state index contributed by atoms with van der Waals surface area (Å²) in [5.74, 6) is 0.234. The molecule has 104 valence electrons. The van der Waals surface area contributed by atoms with Gasteiger partial charge in [-0.1, -0.05) is 27.2 Å². The molecular weight excluding hydrogens is 230 g/mol. The van der Waals surface area contributed by atoms with Crippen LogP contribution in [0.25, 0.3) is 0 Å².